The average Bonchev–Trinajstić information content (AvgIpc) is 2.84. The van der Waals surface area contributed by atoms with Crippen molar-refractivity contribution < 1.29 is 13.9 Å². The van der Waals surface area contributed by atoms with Crippen LogP contribution in [0.1, 0.15) is 10.4 Å². The Bertz CT molecular complexity index is 1360. The first kappa shape index (κ1) is 22.1. The van der Waals surface area contributed by atoms with Gasteiger partial charge in [0.15, 0.2) is 0 Å². The van der Waals surface area contributed by atoms with Gasteiger partial charge in [0.1, 0.15) is 23.1 Å². The van der Waals surface area contributed by atoms with Crippen LogP contribution in [0, 0.1) is 5.82 Å². The maximum Gasteiger partial charge on any atom is 0.255 e. The molecular formula is C25H21ClFN5O2. The Balaban J connectivity index is 1.36. The van der Waals surface area contributed by atoms with Crippen LogP contribution < -0.4 is 20.3 Å². The smallest absolute Gasteiger partial charge is 0.255 e. The molecule has 9 heteroatoms. The molecule has 3 aromatic carbocycles. The summed E-state index contributed by atoms with van der Waals surface area (Å²) in [6, 6.07) is 15.9. The zero-order chi connectivity index (χ0) is 23.5. The Labute approximate surface area is 200 Å². The fraction of sp³-hybridized carbons (Fsp3) is 0.160. The number of halogens is 2. The zero-order valence-corrected chi connectivity index (χ0v) is 18.8. The Kier molecular flexibility index (Phi) is 6.24. The van der Waals surface area contributed by atoms with Crippen LogP contribution in [0.5, 0.6) is 11.5 Å². The average molecular weight is 478 g/mol. The lowest BCUT2D eigenvalue weighted by atomic mass is 10.2. The van der Waals surface area contributed by atoms with Crippen molar-refractivity contribution in [2.24, 2.45) is 0 Å². The minimum absolute atomic E-state index is 0.243. The van der Waals surface area contributed by atoms with Crippen LogP contribution >= 0.6 is 11.6 Å². The highest BCUT2D eigenvalue weighted by Crippen LogP contribution is 2.28. The van der Waals surface area contributed by atoms with Crippen LogP contribution in [-0.4, -0.2) is 42.1 Å². The number of hydrogen-bond acceptors (Lipinski definition) is 6. The van der Waals surface area contributed by atoms with Crippen molar-refractivity contribution in [2.75, 3.05) is 36.4 Å². The number of fused-ring (bicyclic) bond motifs is 1. The Morgan fingerprint density at radius 3 is 2.71 bits per heavy atom. The summed E-state index contributed by atoms with van der Waals surface area (Å²) in [5.41, 5.74) is 2.05. The number of piperazine rings is 1. The molecule has 34 heavy (non-hydrogen) atoms. The van der Waals surface area contributed by atoms with Crippen LogP contribution in [0.15, 0.2) is 66.9 Å². The monoisotopic (exact) mass is 477 g/mol. The number of carbonyl (C=O) groups excluding carboxylic acids is 1. The number of nitrogens with one attached hydrogen (secondary N) is 2. The summed E-state index contributed by atoms with van der Waals surface area (Å²) in [6.45, 7) is 3.53. The van der Waals surface area contributed by atoms with Crippen molar-refractivity contribution in [2.45, 2.75) is 0 Å². The van der Waals surface area contributed by atoms with E-state index in [1.54, 1.807) is 54.7 Å². The molecule has 1 saturated heterocycles. The summed E-state index contributed by atoms with van der Waals surface area (Å²) in [5, 5.41) is 6.43. The van der Waals surface area contributed by atoms with Crippen molar-refractivity contribution >= 4 is 40.0 Å². The van der Waals surface area contributed by atoms with Crippen molar-refractivity contribution in [1.29, 1.82) is 0 Å². The maximum absolute atomic E-state index is 14.3. The minimum Gasteiger partial charge on any atom is -0.457 e. The van der Waals surface area contributed by atoms with Crippen molar-refractivity contribution in [3.63, 3.8) is 0 Å². The zero-order valence-electron chi connectivity index (χ0n) is 18.1. The molecule has 1 aliphatic heterocycles. The number of aromatic nitrogens is 2. The lowest BCUT2D eigenvalue weighted by Gasteiger charge is -2.28. The molecule has 2 N–H and O–H groups in total. The minimum atomic E-state index is -0.541. The highest BCUT2D eigenvalue weighted by molar-refractivity contribution is 6.31. The summed E-state index contributed by atoms with van der Waals surface area (Å²) >= 11 is 5.95. The molecule has 1 amide bonds. The molecule has 1 fully saturated rings. The molecule has 0 saturated carbocycles. The van der Waals surface area contributed by atoms with Gasteiger partial charge in [0.2, 0.25) is 0 Å². The van der Waals surface area contributed by atoms with Gasteiger partial charge in [0, 0.05) is 60.7 Å². The van der Waals surface area contributed by atoms with E-state index in [9.17, 15) is 9.18 Å². The van der Waals surface area contributed by atoms with Gasteiger partial charge in [-0.25, -0.2) is 9.37 Å². The molecule has 4 aromatic rings. The Morgan fingerprint density at radius 1 is 1.03 bits per heavy atom. The number of benzene rings is 3. The van der Waals surface area contributed by atoms with Crippen LogP contribution in [0.25, 0.3) is 11.0 Å². The molecule has 0 aliphatic carbocycles. The van der Waals surface area contributed by atoms with Gasteiger partial charge < -0.3 is 20.3 Å². The van der Waals surface area contributed by atoms with Crippen molar-refractivity contribution in [3.8, 4) is 11.5 Å². The van der Waals surface area contributed by atoms with Gasteiger partial charge in [0.25, 0.3) is 5.91 Å². The predicted octanol–water partition coefficient (Wildman–Crippen LogP) is 4.88. The van der Waals surface area contributed by atoms with Crippen LogP contribution in [0.3, 0.4) is 0 Å². The summed E-state index contributed by atoms with van der Waals surface area (Å²) in [5.74, 6) is 0.591. The fourth-order valence-corrected chi connectivity index (χ4v) is 3.94. The molecule has 2 heterocycles. The lowest BCUT2D eigenvalue weighted by Crippen LogP contribution is -2.43. The largest absolute Gasteiger partial charge is 0.457 e. The van der Waals surface area contributed by atoms with E-state index in [1.165, 1.54) is 12.1 Å². The summed E-state index contributed by atoms with van der Waals surface area (Å²) in [7, 11) is 0. The number of anilines is 2. The molecule has 0 unspecified atom stereocenters. The molecule has 7 nitrogen and oxygen atoms in total. The van der Waals surface area contributed by atoms with Crippen LogP contribution in [0.4, 0.5) is 15.9 Å². The molecule has 172 valence electrons. The van der Waals surface area contributed by atoms with E-state index in [1.807, 2.05) is 0 Å². The van der Waals surface area contributed by atoms with E-state index in [0.29, 0.717) is 21.9 Å². The lowest BCUT2D eigenvalue weighted by molar-refractivity contribution is 0.102. The third kappa shape index (κ3) is 5.08. The van der Waals surface area contributed by atoms with Gasteiger partial charge in [-0.2, -0.15) is 0 Å². The second kappa shape index (κ2) is 9.62. The van der Waals surface area contributed by atoms with Crippen LogP contribution in [-0.2, 0) is 0 Å². The summed E-state index contributed by atoms with van der Waals surface area (Å²) in [4.78, 5) is 23.9. The first-order valence-electron chi connectivity index (χ1n) is 10.8. The number of ether oxygens (including phenoxy) is 1. The first-order chi connectivity index (χ1) is 16.5. The number of hydrogen-bond donors (Lipinski definition) is 2. The third-order valence-corrected chi connectivity index (χ3v) is 5.63. The van der Waals surface area contributed by atoms with E-state index < -0.39 is 11.7 Å². The Morgan fingerprint density at radius 2 is 1.88 bits per heavy atom. The standard InChI is InChI=1S/C25H21ClFN5O2/c26-17-3-1-2-16(10-17)25(33)30-19-11-18(27)12-21(13-19)34-20-4-5-22-23(14-20)31-24(15-29-22)32-8-6-28-7-9-32/h1-5,10-15,28H,6-9H2,(H,30,33). The number of amides is 1. The van der Waals surface area contributed by atoms with E-state index in [-0.39, 0.29) is 11.4 Å². The second-order valence-corrected chi connectivity index (χ2v) is 8.29. The first-order valence-corrected chi connectivity index (χ1v) is 11.2. The molecule has 0 radical (unpaired) electrons. The summed E-state index contributed by atoms with van der Waals surface area (Å²) in [6.07, 6.45) is 1.77. The normalized spacial score (nSPS) is 13.6. The van der Waals surface area contributed by atoms with Crippen LogP contribution in [0.2, 0.25) is 5.02 Å². The summed E-state index contributed by atoms with van der Waals surface area (Å²) < 4.78 is 20.2. The van der Waals surface area contributed by atoms with E-state index in [0.717, 1.165) is 37.5 Å². The highest BCUT2D eigenvalue weighted by Gasteiger charge is 2.14. The highest BCUT2D eigenvalue weighted by atomic mass is 35.5. The van der Waals surface area contributed by atoms with Gasteiger partial charge in [-0.05, 0) is 36.4 Å². The van der Waals surface area contributed by atoms with Gasteiger partial charge >= 0.3 is 0 Å². The molecule has 0 atom stereocenters. The fourth-order valence-electron chi connectivity index (χ4n) is 3.75. The maximum atomic E-state index is 14.3. The second-order valence-electron chi connectivity index (χ2n) is 7.86. The SMILES string of the molecule is O=C(Nc1cc(F)cc(Oc2ccc3ncc(N4CCNCC4)nc3c2)c1)c1cccc(Cl)c1. The molecule has 0 spiro atoms. The van der Waals surface area contributed by atoms with Gasteiger partial charge in [-0.15, -0.1) is 0 Å². The van der Waals surface area contributed by atoms with Gasteiger partial charge in [0.05, 0.1) is 17.2 Å². The van der Waals surface area contributed by atoms with Gasteiger partial charge in [-0.3, -0.25) is 9.78 Å². The van der Waals surface area contributed by atoms with E-state index in [4.69, 9.17) is 21.3 Å². The third-order valence-electron chi connectivity index (χ3n) is 5.39. The predicted molar refractivity (Wildman–Crippen MR) is 130 cm³/mol. The van der Waals surface area contributed by atoms with E-state index in [2.05, 4.69) is 20.5 Å². The van der Waals surface area contributed by atoms with E-state index >= 15 is 0 Å². The molecule has 1 aromatic heterocycles. The number of rotatable bonds is 5. The van der Waals surface area contributed by atoms with Crippen molar-refractivity contribution in [1.82, 2.24) is 15.3 Å². The molecule has 0 bridgehead atoms. The quantitative estimate of drug-likeness (QED) is 0.426. The van der Waals surface area contributed by atoms with Crippen molar-refractivity contribution in [3.05, 3.63) is 83.3 Å². The molecule has 5 rings (SSSR count). The van der Waals surface area contributed by atoms with Gasteiger partial charge in [-0.1, -0.05) is 17.7 Å². The Hall–Kier alpha value is -3.75. The topological polar surface area (TPSA) is 79.4 Å². The number of carbonyl (C=O) groups is 1. The molecular weight excluding hydrogens is 457 g/mol. The molecule has 1 aliphatic rings. The number of nitrogens with zero attached hydrogens (tertiary/aromatic N) is 3.